The summed E-state index contributed by atoms with van der Waals surface area (Å²) in [6.45, 7) is 2.58. The number of nitrogens with two attached hydrogens (primary N) is 1. The molecular weight excluding hydrogens is 285 g/mol. The van der Waals surface area contributed by atoms with Crippen molar-refractivity contribution in [2.75, 3.05) is 26.2 Å². The van der Waals surface area contributed by atoms with Crippen molar-refractivity contribution in [3.05, 3.63) is 35.6 Å². The normalized spacial score (nSPS) is 21.3. The number of hydrogen-bond donors (Lipinski definition) is 3. The van der Waals surface area contributed by atoms with Crippen molar-refractivity contribution in [1.82, 2.24) is 5.32 Å². The summed E-state index contributed by atoms with van der Waals surface area (Å²) in [6.07, 6.45) is 2.20. The maximum Gasteiger partial charge on any atom is 0.275 e. The van der Waals surface area contributed by atoms with Gasteiger partial charge in [0, 0.05) is 25.3 Å². The first kappa shape index (κ1) is 16.4. The molecule has 1 aliphatic heterocycles. The summed E-state index contributed by atoms with van der Waals surface area (Å²) in [5.74, 6) is -0.515. The molecule has 5 nitrogen and oxygen atoms in total. The number of benzene rings is 1. The van der Waals surface area contributed by atoms with Gasteiger partial charge in [-0.15, -0.1) is 0 Å². The number of halogens is 1. The SMILES string of the molecule is NC(=O)C1CC[NH+](CC(=O)NCCc2ccc(F)cc2)CC1. The maximum atomic E-state index is 12.8. The van der Waals surface area contributed by atoms with Gasteiger partial charge in [0.05, 0.1) is 13.1 Å². The molecule has 0 spiro atoms. The molecule has 2 rings (SSSR count). The van der Waals surface area contributed by atoms with Gasteiger partial charge in [0.2, 0.25) is 5.91 Å². The van der Waals surface area contributed by atoms with E-state index in [2.05, 4.69) is 5.32 Å². The molecule has 0 aliphatic carbocycles. The van der Waals surface area contributed by atoms with Crippen molar-refractivity contribution in [2.45, 2.75) is 19.3 Å². The summed E-state index contributed by atoms with van der Waals surface area (Å²) in [6, 6.07) is 6.29. The van der Waals surface area contributed by atoms with E-state index in [4.69, 9.17) is 5.73 Å². The van der Waals surface area contributed by atoms with Crippen molar-refractivity contribution >= 4 is 11.8 Å². The molecule has 0 bridgehead atoms. The molecule has 1 saturated heterocycles. The summed E-state index contributed by atoms with van der Waals surface area (Å²) in [4.78, 5) is 24.2. The Morgan fingerprint density at radius 3 is 2.45 bits per heavy atom. The maximum absolute atomic E-state index is 12.8. The summed E-state index contributed by atoms with van der Waals surface area (Å²) < 4.78 is 12.8. The number of carbonyl (C=O) groups excluding carboxylic acids is 2. The fraction of sp³-hybridized carbons (Fsp3) is 0.500. The van der Waals surface area contributed by atoms with E-state index in [1.54, 1.807) is 12.1 Å². The molecule has 4 N–H and O–H groups in total. The van der Waals surface area contributed by atoms with Gasteiger partial charge in [0.25, 0.3) is 5.91 Å². The summed E-state index contributed by atoms with van der Waals surface area (Å²) in [5.41, 5.74) is 6.29. The van der Waals surface area contributed by atoms with Crippen molar-refractivity contribution in [1.29, 1.82) is 0 Å². The van der Waals surface area contributed by atoms with Crippen LogP contribution in [0.4, 0.5) is 4.39 Å². The molecule has 1 fully saturated rings. The van der Waals surface area contributed by atoms with Crippen LogP contribution >= 0.6 is 0 Å². The standard InChI is InChI=1S/C16H22FN3O2/c17-14-3-1-12(2-4-14)5-8-19-15(21)11-20-9-6-13(7-10-20)16(18)22/h1-4,13H,5-11H2,(H2,18,22)(H,19,21)/p+1. The number of piperidine rings is 1. The topological polar surface area (TPSA) is 76.6 Å². The first-order valence-electron chi connectivity index (χ1n) is 7.68. The zero-order chi connectivity index (χ0) is 15.9. The average molecular weight is 308 g/mol. The average Bonchev–Trinajstić information content (AvgIpc) is 2.50. The first-order chi connectivity index (χ1) is 10.5. The van der Waals surface area contributed by atoms with Crippen molar-refractivity contribution in [2.24, 2.45) is 11.7 Å². The van der Waals surface area contributed by atoms with Crippen LogP contribution in [0, 0.1) is 11.7 Å². The van der Waals surface area contributed by atoms with Gasteiger partial charge >= 0.3 is 0 Å². The summed E-state index contributed by atoms with van der Waals surface area (Å²) >= 11 is 0. The number of amides is 2. The molecule has 0 unspecified atom stereocenters. The fourth-order valence-corrected chi connectivity index (χ4v) is 2.77. The quantitative estimate of drug-likeness (QED) is 0.648. The van der Waals surface area contributed by atoms with Gasteiger partial charge in [-0.1, -0.05) is 12.1 Å². The smallest absolute Gasteiger partial charge is 0.275 e. The van der Waals surface area contributed by atoms with Crippen LogP contribution in [0.15, 0.2) is 24.3 Å². The highest BCUT2D eigenvalue weighted by Crippen LogP contribution is 2.07. The Balaban J connectivity index is 1.64. The van der Waals surface area contributed by atoms with Crippen molar-refractivity contribution < 1.29 is 18.9 Å². The van der Waals surface area contributed by atoms with Gasteiger partial charge < -0.3 is 16.0 Å². The first-order valence-corrected chi connectivity index (χ1v) is 7.68. The zero-order valence-corrected chi connectivity index (χ0v) is 12.6. The lowest BCUT2D eigenvalue weighted by Crippen LogP contribution is -3.14. The predicted octanol–water partition coefficient (Wildman–Crippen LogP) is -0.735. The fourth-order valence-electron chi connectivity index (χ4n) is 2.77. The van der Waals surface area contributed by atoms with Crippen molar-refractivity contribution in [3.8, 4) is 0 Å². The molecule has 6 heteroatoms. The van der Waals surface area contributed by atoms with Gasteiger partial charge in [0.1, 0.15) is 5.82 Å². The number of quaternary nitrogens is 1. The number of rotatable bonds is 6. The van der Waals surface area contributed by atoms with E-state index in [0.717, 1.165) is 31.5 Å². The highest BCUT2D eigenvalue weighted by Gasteiger charge is 2.26. The minimum atomic E-state index is -0.254. The number of hydrogen-bond acceptors (Lipinski definition) is 2. The molecule has 1 aliphatic rings. The predicted molar refractivity (Wildman–Crippen MR) is 80.6 cm³/mol. The molecule has 0 aromatic heterocycles. The lowest BCUT2D eigenvalue weighted by Gasteiger charge is -2.27. The van der Waals surface area contributed by atoms with Gasteiger partial charge in [-0.2, -0.15) is 0 Å². The number of nitrogens with one attached hydrogen (secondary N) is 2. The summed E-state index contributed by atoms with van der Waals surface area (Å²) in [5, 5.41) is 2.88. The number of carbonyl (C=O) groups is 2. The van der Waals surface area contributed by atoms with Crippen molar-refractivity contribution in [3.63, 3.8) is 0 Å². The molecule has 0 saturated carbocycles. The second-order valence-corrected chi connectivity index (χ2v) is 5.83. The van der Waals surface area contributed by atoms with Crippen LogP contribution in [-0.4, -0.2) is 38.0 Å². The zero-order valence-electron chi connectivity index (χ0n) is 12.6. The molecule has 0 radical (unpaired) electrons. The Morgan fingerprint density at radius 2 is 1.86 bits per heavy atom. The molecule has 2 amide bonds. The van der Waals surface area contributed by atoms with Crippen LogP contribution in [-0.2, 0) is 16.0 Å². The summed E-state index contributed by atoms with van der Waals surface area (Å²) in [7, 11) is 0. The Morgan fingerprint density at radius 1 is 1.23 bits per heavy atom. The number of primary amides is 1. The van der Waals surface area contributed by atoms with E-state index in [9.17, 15) is 14.0 Å². The van der Waals surface area contributed by atoms with Crippen LogP contribution in [0.2, 0.25) is 0 Å². The molecule has 1 heterocycles. The number of likely N-dealkylation sites (tertiary alicyclic amines) is 1. The van der Waals surface area contributed by atoms with E-state index in [1.165, 1.54) is 17.0 Å². The minimum absolute atomic E-state index is 0.00892. The Kier molecular flexibility index (Phi) is 5.89. The van der Waals surface area contributed by atoms with Crippen LogP contribution in [0.1, 0.15) is 18.4 Å². The van der Waals surface area contributed by atoms with E-state index in [1.807, 2.05) is 0 Å². The van der Waals surface area contributed by atoms with E-state index >= 15 is 0 Å². The molecule has 1 aromatic rings. The van der Waals surface area contributed by atoms with Crippen LogP contribution in [0.5, 0.6) is 0 Å². The van der Waals surface area contributed by atoms with Gasteiger partial charge in [-0.25, -0.2) is 4.39 Å². The molecule has 120 valence electrons. The molecular formula is C16H23FN3O2+. The third kappa shape index (κ3) is 5.11. The van der Waals surface area contributed by atoms with Crippen LogP contribution in [0.25, 0.3) is 0 Å². The van der Waals surface area contributed by atoms with E-state index in [-0.39, 0.29) is 23.5 Å². The molecule has 22 heavy (non-hydrogen) atoms. The third-order valence-corrected chi connectivity index (χ3v) is 4.15. The lowest BCUT2D eigenvalue weighted by molar-refractivity contribution is -0.897. The van der Waals surface area contributed by atoms with E-state index in [0.29, 0.717) is 19.5 Å². The third-order valence-electron chi connectivity index (χ3n) is 4.15. The Bertz CT molecular complexity index is 511. The van der Waals surface area contributed by atoms with Crippen LogP contribution in [0.3, 0.4) is 0 Å². The van der Waals surface area contributed by atoms with Crippen LogP contribution < -0.4 is 16.0 Å². The van der Waals surface area contributed by atoms with Gasteiger partial charge in [-0.05, 0) is 24.1 Å². The largest absolute Gasteiger partial charge is 0.369 e. The Hall–Kier alpha value is -1.95. The van der Waals surface area contributed by atoms with Gasteiger partial charge in [0.15, 0.2) is 6.54 Å². The highest BCUT2D eigenvalue weighted by atomic mass is 19.1. The molecule has 0 atom stereocenters. The minimum Gasteiger partial charge on any atom is -0.369 e. The Labute approximate surface area is 129 Å². The molecule has 1 aromatic carbocycles. The highest BCUT2D eigenvalue weighted by molar-refractivity contribution is 5.77. The van der Waals surface area contributed by atoms with E-state index < -0.39 is 0 Å². The van der Waals surface area contributed by atoms with Gasteiger partial charge in [-0.3, -0.25) is 9.59 Å². The second-order valence-electron chi connectivity index (χ2n) is 5.83. The lowest BCUT2D eigenvalue weighted by atomic mass is 9.96. The monoisotopic (exact) mass is 308 g/mol. The second kappa shape index (κ2) is 7.89.